The first-order valence-electron chi connectivity index (χ1n) is 12.3. The Morgan fingerprint density at radius 1 is 0.806 bits per heavy atom. The summed E-state index contributed by atoms with van der Waals surface area (Å²) in [5.41, 5.74) is 8.71. The molecule has 2 atom stereocenters. The first kappa shape index (κ1) is 20.9. The van der Waals surface area contributed by atoms with Gasteiger partial charge in [0.1, 0.15) is 11.3 Å². The van der Waals surface area contributed by atoms with E-state index < -0.39 is 0 Å². The highest BCUT2D eigenvalue weighted by molar-refractivity contribution is 6.02. The summed E-state index contributed by atoms with van der Waals surface area (Å²) in [5.74, 6) is 1.68. The highest BCUT2D eigenvalue weighted by Gasteiger charge is 2.41. The van der Waals surface area contributed by atoms with Crippen molar-refractivity contribution in [2.75, 3.05) is 0 Å². The quantitative estimate of drug-likeness (QED) is 0.276. The molecule has 0 fully saturated rings. The van der Waals surface area contributed by atoms with Crippen LogP contribution in [0.4, 0.5) is 0 Å². The number of hydrazone groups is 1. The van der Waals surface area contributed by atoms with Crippen molar-refractivity contribution in [3.63, 3.8) is 0 Å². The molecule has 5 nitrogen and oxygen atoms in total. The van der Waals surface area contributed by atoms with E-state index in [0.717, 1.165) is 51.2 Å². The van der Waals surface area contributed by atoms with Gasteiger partial charge in [-0.15, -0.1) is 0 Å². The van der Waals surface area contributed by atoms with E-state index >= 15 is 0 Å². The van der Waals surface area contributed by atoms with Gasteiger partial charge in [-0.2, -0.15) is 5.10 Å². The Morgan fingerprint density at radius 3 is 2.31 bits per heavy atom. The molecule has 0 radical (unpaired) electrons. The highest BCUT2D eigenvalue weighted by atomic mass is 16.5. The minimum Gasteiger partial charge on any atom is -0.464 e. The molecule has 0 N–H and O–H groups in total. The van der Waals surface area contributed by atoms with Crippen molar-refractivity contribution in [1.82, 2.24) is 10.2 Å². The van der Waals surface area contributed by atoms with E-state index in [9.17, 15) is 0 Å². The standard InChI is InChI=1S/C31H25N3O2/c1-19-7-11-21(12-8-19)27-18-28-24-5-3-4-6-29(24)35-31(34(28)32-27)23-15-16-26-25(17-23)30(36-33-26)22-13-9-20(2)10-14-22/h3-17,28,31H,18H2,1-2H3/t28-,31-/m0/s1. The SMILES string of the molecule is Cc1ccc(C2=NN3[C@@H](C2)c2ccccc2O[C@H]3c2ccc3noc(-c4ccc(C)cc4)c3c2)cc1. The third kappa shape index (κ3) is 3.39. The van der Waals surface area contributed by atoms with Crippen LogP contribution in [-0.2, 0) is 0 Å². The van der Waals surface area contributed by atoms with Crippen molar-refractivity contribution >= 4 is 16.6 Å². The van der Waals surface area contributed by atoms with E-state index in [1.54, 1.807) is 0 Å². The van der Waals surface area contributed by atoms with Crippen LogP contribution in [0.15, 0.2) is 101 Å². The van der Waals surface area contributed by atoms with Crippen molar-refractivity contribution in [2.45, 2.75) is 32.5 Å². The van der Waals surface area contributed by atoms with Crippen LogP contribution in [-0.4, -0.2) is 15.9 Å². The molecule has 7 rings (SSSR count). The number of hydrogen-bond donors (Lipinski definition) is 0. The van der Waals surface area contributed by atoms with Gasteiger partial charge in [-0.1, -0.05) is 89.1 Å². The molecule has 5 heteroatoms. The van der Waals surface area contributed by atoms with E-state index in [1.165, 1.54) is 16.7 Å². The van der Waals surface area contributed by atoms with E-state index in [4.69, 9.17) is 14.4 Å². The van der Waals surface area contributed by atoms with Gasteiger partial charge in [0.25, 0.3) is 0 Å². The Morgan fingerprint density at radius 2 is 1.53 bits per heavy atom. The van der Waals surface area contributed by atoms with Crippen molar-refractivity contribution in [1.29, 1.82) is 0 Å². The molecule has 2 aliphatic heterocycles. The first-order chi connectivity index (χ1) is 17.6. The van der Waals surface area contributed by atoms with E-state index in [1.807, 2.05) is 12.1 Å². The molecule has 0 spiro atoms. The summed E-state index contributed by atoms with van der Waals surface area (Å²) in [6, 6.07) is 31.6. The Kier molecular flexibility index (Phi) is 4.71. The normalized spacial score (nSPS) is 18.5. The Labute approximate surface area is 209 Å². The lowest BCUT2D eigenvalue weighted by molar-refractivity contribution is -0.0189. The van der Waals surface area contributed by atoms with Crippen LogP contribution in [0, 0.1) is 13.8 Å². The molecule has 4 aromatic carbocycles. The average Bonchev–Trinajstić information content (AvgIpc) is 3.54. The van der Waals surface area contributed by atoms with Gasteiger partial charge in [-0.3, -0.25) is 0 Å². The third-order valence-electron chi connectivity index (χ3n) is 7.18. The summed E-state index contributed by atoms with van der Waals surface area (Å²) in [5, 5.41) is 12.5. The van der Waals surface area contributed by atoms with E-state index in [0.29, 0.717) is 0 Å². The molecule has 0 saturated heterocycles. The van der Waals surface area contributed by atoms with E-state index in [-0.39, 0.29) is 12.3 Å². The topological polar surface area (TPSA) is 50.9 Å². The Balaban J connectivity index is 1.33. The zero-order valence-corrected chi connectivity index (χ0v) is 20.2. The monoisotopic (exact) mass is 471 g/mol. The van der Waals surface area contributed by atoms with E-state index in [2.05, 4.69) is 103 Å². The smallest absolute Gasteiger partial charge is 0.213 e. The fraction of sp³-hybridized carbons (Fsp3) is 0.161. The molecule has 36 heavy (non-hydrogen) atoms. The van der Waals surface area contributed by atoms with Gasteiger partial charge in [0.05, 0.1) is 17.1 Å². The number of rotatable bonds is 3. The molecule has 176 valence electrons. The highest BCUT2D eigenvalue weighted by Crippen LogP contribution is 2.48. The zero-order valence-electron chi connectivity index (χ0n) is 20.2. The molecule has 5 aromatic rings. The molecule has 3 heterocycles. The van der Waals surface area contributed by atoms with Gasteiger partial charge < -0.3 is 9.26 Å². The number of ether oxygens (including phenoxy) is 1. The van der Waals surface area contributed by atoms with Crippen molar-refractivity contribution in [2.24, 2.45) is 5.10 Å². The fourth-order valence-corrected chi connectivity index (χ4v) is 5.20. The fourth-order valence-electron chi connectivity index (χ4n) is 5.20. The van der Waals surface area contributed by atoms with Gasteiger partial charge in [0.15, 0.2) is 5.76 Å². The summed E-state index contributed by atoms with van der Waals surface area (Å²) in [6.45, 7) is 4.19. The summed E-state index contributed by atoms with van der Waals surface area (Å²) < 4.78 is 12.4. The van der Waals surface area contributed by atoms with Gasteiger partial charge in [-0.25, -0.2) is 5.01 Å². The molecule has 0 saturated carbocycles. The summed E-state index contributed by atoms with van der Waals surface area (Å²) in [7, 11) is 0. The van der Waals surface area contributed by atoms with Crippen molar-refractivity contribution in [3.8, 4) is 17.1 Å². The number of fused-ring (bicyclic) bond motifs is 4. The predicted octanol–water partition coefficient (Wildman–Crippen LogP) is 7.35. The minimum atomic E-state index is -0.349. The second kappa shape index (κ2) is 8.09. The van der Waals surface area contributed by atoms with Crippen LogP contribution >= 0.6 is 0 Å². The Bertz CT molecular complexity index is 1620. The maximum Gasteiger partial charge on any atom is 0.213 e. The van der Waals surface area contributed by atoms with Crippen molar-refractivity contribution < 1.29 is 9.26 Å². The number of aryl methyl sites for hydroxylation is 2. The van der Waals surface area contributed by atoms with Crippen molar-refractivity contribution in [3.05, 3.63) is 119 Å². The second-order valence-corrected chi connectivity index (χ2v) is 9.67. The molecule has 0 bridgehead atoms. The number of benzene rings is 4. The lowest BCUT2D eigenvalue weighted by Gasteiger charge is -2.38. The maximum absolute atomic E-state index is 6.59. The third-order valence-corrected chi connectivity index (χ3v) is 7.18. The second-order valence-electron chi connectivity index (χ2n) is 9.67. The molecule has 2 aliphatic rings. The molecular formula is C31H25N3O2. The number of nitrogens with zero attached hydrogens (tertiary/aromatic N) is 3. The van der Waals surface area contributed by atoms with Crippen LogP contribution in [0.5, 0.6) is 5.75 Å². The summed E-state index contributed by atoms with van der Waals surface area (Å²) in [6.07, 6.45) is 0.488. The average molecular weight is 472 g/mol. The molecule has 0 aliphatic carbocycles. The van der Waals surface area contributed by atoms with Gasteiger partial charge >= 0.3 is 0 Å². The van der Waals surface area contributed by atoms with Crippen LogP contribution in [0.25, 0.3) is 22.2 Å². The van der Waals surface area contributed by atoms with Crippen LogP contribution in [0.2, 0.25) is 0 Å². The minimum absolute atomic E-state index is 0.117. The van der Waals surface area contributed by atoms with Gasteiger partial charge in [0, 0.05) is 23.1 Å². The Hall–Kier alpha value is -4.38. The van der Waals surface area contributed by atoms with Gasteiger partial charge in [0.2, 0.25) is 6.23 Å². The lowest BCUT2D eigenvalue weighted by Crippen LogP contribution is -2.33. The maximum atomic E-state index is 6.59. The molecule has 1 aromatic heterocycles. The van der Waals surface area contributed by atoms with Crippen LogP contribution < -0.4 is 4.74 Å². The molecule has 0 amide bonds. The summed E-state index contributed by atoms with van der Waals surface area (Å²) in [4.78, 5) is 0. The number of para-hydroxylation sites is 1. The van der Waals surface area contributed by atoms with Crippen LogP contribution in [0.3, 0.4) is 0 Å². The lowest BCUT2D eigenvalue weighted by atomic mass is 9.95. The zero-order chi connectivity index (χ0) is 24.2. The number of hydrogen-bond acceptors (Lipinski definition) is 5. The van der Waals surface area contributed by atoms with Crippen LogP contribution in [0.1, 0.15) is 46.5 Å². The molecular weight excluding hydrogens is 446 g/mol. The van der Waals surface area contributed by atoms with Gasteiger partial charge in [-0.05, 0) is 37.6 Å². The number of aromatic nitrogens is 1. The first-order valence-corrected chi connectivity index (χ1v) is 12.3. The predicted molar refractivity (Wildman–Crippen MR) is 141 cm³/mol. The summed E-state index contributed by atoms with van der Waals surface area (Å²) >= 11 is 0. The largest absolute Gasteiger partial charge is 0.464 e. The molecule has 0 unspecified atom stereocenters.